The fourth-order valence-corrected chi connectivity index (χ4v) is 1.98. The highest BCUT2D eigenvalue weighted by molar-refractivity contribution is 6.30. The maximum atomic E-state index is 13.2. The molecule has 1 heterocycles. The maximum absolute atomic E-state index is 13.2. The van der Waals surface area contributed by atoms with Crippen molar-refractivity contribution < 1.29 is 9.18 Å². The summed E-state index contributed by atoms with van der Waals surface area (Å²) in [5.74, 6) is -0.356. The van der Waals surface area contributed by atoms with Gasteiger partial charge < -0.3 is 10.6 Å². The molecule has 2 N–H and O–H groups in total. The zero-order valence-electron chi connectivity index (χ0n) is 9.30. The number of halogens is 2. The maximum Gasteiger partial charge on any atom is 0.251 e. The molecule has 5 heteroatoms. The Labute approximate surface area is 104 Å². The molecule has 0 spiro atoms. The van der Waals surface area contributed by atoms with Gasteiger partial charge >= 0.3 is 0 Å². The molecule has 0 saturated carbocycles. The van der Waals surface area contributed by atoms with E-state index in [9.17, 15) is 9.18 Å². The van der Waals surface area contributed by atoms with E-state index in [1.807, 2.05) is 0 Å². The van der Waals surface area contributed by atoms with E-state index in [4.69, 9.17) is 11.6 Å². The number of nitrogens with one attached hydrogen (secondary N) is 2. The molecule has 3 nitrogen and oxygen atoms in total. The van der Waals surface area contributed by atoms with Crippen molar-refractivity contribution in [1.82, 2.24) is 10.6 Å². The zero-order valence-corrected chi connectivity index (χ0v) is 10.1. The molecule has 1 unspecified atom stereocenters. The van der Waals surface area contributed by atoms with Crippen molar-refractivity contribution in [2.24, 2.45) is 5.92 Å². The largest absolute Gasteiger partial charge is 0.352 e. The Morgan fingerprint density at radius 2 is 2.41 bits per heavy atom. The average Bonchev–Trinajstić information content (AvgIpc) is 2.82. The van der Waals surface area contributed by atoms with Crippen LogP contribution in [-0.4, -0.2) is 25.5 Å². The predicted octanol–water partition coefficient (Wildman–Crippen LogP) is 1.82. The third kappa shape index (κ3) is 3.17. The Bertz CT molecular complexity index is 419. The Balaban J connectivity index is 1.92. The van der Waals surface area contributed by atoms with Crippen LogP contribution in [0.4, 0.5) is 4.39 Å². The molecule has 2 rings (SSSR count). The SMILES string of the molecule is O=C(NCC1CCNC1)c1ccc(Cl)c(F)c1. The van der Waals surface area contributed by atoms with Crippen molar-refractivity contribution in [3.8, 4) is 0 Å². The average molecular weight is 257 g/mol. The fourth-order valence-electron chi connectivity index (χ4n) is 1.87. The first kappa shape index (κ1) is 12.3. The minimum Gasteiger partial charge on any atom is -0.352 e. The summed E-state index contributed by atoms with van der Waals surface area (Å²) in [5, 5.41) is 6.05. The summed E-state index contributed by atoms with van der Waals surface area (Å²) in [6.07, 6.45) is 1.06. The van der Waals surface area contributed by atoms with Crippen molar-refractivity contribution in [2.75, 3.05) is 19.6 Å². The summed E-state index contributed by atoms with van der Waals surface area (Å²) in [4.78, 5) is 11.7. The van der Waals surface area contributed by atoms with Crippen LogP contribution in [0.25, 0.3) is 0 Å². The summed E-state index contributed by atoms with van der Waals surface area (Å²) in [6.45, 7) is 2.54. The van der Waals surface area contributed by atoms with Crippen LogP contribution in [0.15, 0.2) is 18.2 Å². The van der Waals surface area contributed by atoms with Gasteiger partial charge in [-0.1, -0.05) is 11.6 Å². The Morgan fingerprint density at radius 1 is 1.59 bits per heavy atom. The van der Waals surface area contributed by atoms with Gasteiger partial charge in [0, 0.05) is 12.1 Å². The minimum absolute atomic E-state index is 0.0292. The molecule has 1 aromatic carbocycles. The van der Waals surface area contributed by atoms with Crippen molar-refractivity contribution in [2.45, 2.75) is 6.42 Å². The normalized spacial score (nSPS) is 19.3. The molecule has 0 radical (unpaired) electrons. The molecule has 1 aliphatic rings. The number of hydrogen-bond acceptors (Lipinski definition) is 2. The number of hydrogen-bond donors (Lipinski definition) is 2. The van der Waals surface area contributed by atoms with E-state index in [1.54, 1.807) is 0 Å². The number of carbonyl (C=O) groups is 1. The molecule has 1 saturated heterocycles. The lowest BCUT2D eigenvalue weighted by Crippen LogP contribution is -2.30. The number of rotatable bonds is 3. The summed E-state index contributed by atoms with van der Waals surface area (Å²) in [6, 6.07) is 4.07. The second-order valence-electron chi connectivity index (χ2n) is 4.20. The van der Waals surface area contributed by atoms with E-state index in [1.165, 1.54) is 12.1 Å². The second-order valence-corrected chi connectivity index (χ2v) is 4.60. The molecular weight excluding hydrogens is 243 g/mol. The van der Waals surface area contributed by atoms with Crippen LogP contribution in [0.3, 0.4) is 0 Å². The topological polar surface area (TPSA) is 41.1 Å². The summed E-state index contributed by atoms with van der Waals surface area (Å²) in [5.41, 5.74) is 0.304. The Morgan fingerprint density at radius 3 is 3.06 bits per heavy atom. The molecule has 1 aliphatic heterocycles. The van der Waals surface area contributed by atoms with Gasteiger partial charge in [-0.05, 0) is 43.6 Å². The zero-order chi connectivity index (χ0) is 12.3. The Hall–Kier alpha value is -1.13. The standard InChI is InChI=1S/C12H14ClFN2O/c13-10-2-1-9(5-11(10)14)12(17)16-7-8-3-4-15-6-8/h1-2,5,8,15H,3-4,6-7H2,(H,16,17). The fraction of sp³-hybridized carbons (Fsp3) is 0.417. The molecule has 1 atom stereocenters. The quantitative estimate of drug-likeness (QED) is 0.866. The molecule has 17 heavy (non-hydrogen) atoms. The van der Waals surface area contributed by atoms with E-state index in [0.29, 0.717) is 18.0 Å². The summed E-state index contributed by atoms with van der Waals surface area (Å²) >= 11 is 5.55. The third-order valence-electron chi connectivity index (χ3n) is 2.90. The molecule has 1 aromatic rings. The number of amides is 1. The van der Waals surface area contributed by atoms with Gasteiger partial charge in [0.25, 0.3) is 5.91 Å². The Kier molecular flexibility index (Phi) is 3.97. The van der Waals surface area contributed by atoms with E-state index in [2.05, 4.69) is 10.6 Å². The van der Waals surface area contributed by atoms with Crippen LogP contribution < -0.4 is 10.6 Å². The first-order chi connectivity index (χ1) is 8.16. The van der Waals surface area contributed by atoms with Gasteiger partial charge in [-0.2, -0.15) is 0 Å². The van der Waals surface area contributed by atoms with E-state index in [0.717, 1.165) is 25.6 Å². The van der Waals surface area contributed by atoms with Crippen molar-refractivity contribution in [3.63, 3.8) is 0 Å². The van der Waals surface area contributed by atoms with Gasteiger partial charge in [-0.25, -0.2) is 4.39 Å². The first-order valence-corrected chi connectivity index (χ1v) is 5.98. The van der Waals surface area contributed by atoms with Crippen molar-refractivity contribution >= 4 is 17.5 Å². The highest BCUT2D eigenvalue weighted by Gasteiger charge is 2.16. The molecule has 0 bridgehead atoms. The van der Waals surface area contributed by atoms with Gasteiger partial charge in [0.15, 0.2) is 0 Å². The predicted molar refractivity (Wildman–Crippen MR) is 64.7 cm³/mol. The van der Waals surface area contributed by atoms with Gasteiger partial charge in [-0.15, -0.1) is 0 Å². The van der Waals surface area contributed by atoms with Crippen LogP contribution in [0, 0.1) is 11.7 Å². The minimum atomic E-state index is -0.568. The third-order valence-corrected chi connectivity index (χ3v) is 3.20. The summed E-state index contributed by atoms with van der Waals surface area (Å²) < 4.78 is 13.2. The van der Waals surface area contributed by atoms with Crippen molar-refractivity contribution in [1.29, 1.82) is 0 Å². The highest BCUT2D eigenvalue weighted by atomic mass is 35.5. The van der Waals surface area contributed by atoms with E-state index in [-0.39, 0.29) is 10.9 Å². The van der Waals surface area contributed by atoms with Crippen LogP contribution in [0.5, 0.6) is 0 Å². The van der Waals surface area contributed by atoms with E-state index >= 15 is 0 Å². The van der Waals surface area contributed by atoms with Gasteiger partial charge in [0.2, 0.25) is 0 Å². The highest BCUT2D eigenvalue weighted by Crippen LogP contribution is 2.15. The molecule has 1 fully saturated rings. The summed E-state index contributed by atoms with van der Waals surface area (Å²) in [7, 11) is 0. The lowest BCUT2D eigenvalue weighted by atomic mass is 10.1. The lowest BCUT2D eigenvalue weighted by Gasteiger charge is -2.10. The van der Waals surface area contributed by atoms with Gasteiger partial charge in [0.05, 0.1) is 5.02 Å². The molecule has 0 aromatic heterocycles. The van der Waals surface area contributed by atoms with Gasteiger partial charge in [0.1, 0.15) is 5.82 Å². The smallest absolute Gasteiger partial charge is 0.251 e. The monoisotopic (exact) mass is 256 g/mol. The van der Waals surface area contributed by atoms with Crippen molar-refractivity contribution in [3.05, 3.63) is 34.6 Å². The van der Waals surface area contributed by atoms with Crippen LogP contribution in [0.2, 0.25) is 5.02 Å². The molecule has 1 amide bonds. The lowest BCUT2D eigenvalue weighted by molar-refractivity contribution is 0.0948. The van der Waals surface area contributed by atoms with Gasteiger partial charge in [-0.3, -0.25) is 4.79 Å². The van der Waals surface area contributed by atoms with Crippen LogP contribution in [0.1, 0.15) is 16.8 Å². The number of carbonyl (C=O) groups excluding carboxylic acids is 1. The van der Waals surface area contributed by atoms with E-state index < -0.39 is 5.82 Å². The molecule has 92 valence electrons. The molecule has 0 aliphatic carbocycles. The second kappa shape index (κ2) is 5.47. The molecular formula is C12H14ClFN2O. The van der Waals surface area contributed by atoms with Crippen LogP contribution >= 0.6 is 11.6 Å². The van der Waals surface area contributed by atoms with Crippen LogP contribution in [-0.2, 0) is 0 Å². The first-order valence-electron chi connectivity index (χ1n) is 5.61. The number of benzene rings is 1.